The molecule has 7 aromatic carbocycles. The molecule has 1 aliphatic heterocycles. The van der Waals surface area contributed by atoms with Crippen LogP contribution in [-0.2, 0) is 31.9 Å². The van der Waals surface area contributed by atoms with Gasteiger partial charge in [-0.1, -0.05) is 138 Å². The van der Waals surface area contributed by atoms with Crippen molar-refractivity contribution in [2.45, 2.75) is 59.2 Å². The molecule has 0 radical (unpaired) electrons. The van der Waals surface area contributed by atoms with Crippen LogP contribution in [-0.4, -0.2) is 9.55 Å². The molecular weight excluding hydrogens is 952 g/mol. The number of hydrogen-bond donors (Lipinski definition) is 0. The first-order chi connectivity index (χ1) is 31.1. The van der Waals surface area contributed by atoms with E-state index in [2.05, 4.69) is 143 Å². The van der Waals surface area contributed by atoms with Crippen LogP contribution in [0.25, 0.3) is 49.9 Å². The van der Waals surface area contributed by atoms with Gasteiger partial charge in [-0.2, -0.15) is 12.1 Å². The Morgan fingerprint density at radius 1 is 0.587 bits per heavy atom. The number of aryl methyl sites for hydroxylation is 1. The van der Waals surface area contributed by atoms with Gasteiger partial charge in [-0.15, -0.1) is 48.1 Å². The first-order valence-corrected chi connectivity index (χ1v) is 21.1. The van der Waals surface area contributed by atoms with Crippen molar-refractivity contribution in [1.29, 1.82) is 0 Å². The number of ether oxygens (including phenoxy) is 1. The maximum Gasteiger partial charge on any atom is 0.135 e. The summed E-state index contributed by atoms with van der Waals surface area (Å²) in [5.41, 5.74) is 11.7. The second-order valence-corrected chi connectivity index (χ2v) is 18.1. The van der Waals surface area contributed by atoms with Crippen LogP contribution in [0.5, 0.6) is 11.5 Å². The smallest absolute Gasteiger partial charge is 0.135 e. The monoisotopic (exact) mass is 1000 g/mol. The van der Waals surface area contributed by atoms with Crippen LogP contribution in [0.2, 0.25) is 0 Å². The van der Waals surface area contributed by atoms with E-state index in [4.69, 9.17) is 13.8 Å². The maximum absolute atomic E-state index is 8.72. The first kappa shape index (κ1) is 38.3. The fourth-order valence-electron chi connectivity index (χ4n) is 8.34. The topological polar surface area (TPSA) is 33.5 Å². The van der Waals surface area contributed by atoms with Gasteiger partial charge in [0.25, 0.3) is 0 Å². The SMILES string of the molecule is [2H]C([2H])([2H])c1cc(-n2c3[c-]c(Oc4[c-]c(N5[CH-]N(c6ccc(C(C)(C)C)cc6)c6ccccc65)ccc4)ccc3c3ccc(C(C)(C)C)cc32)ncc1-c1ccc(-c2ccccc2)cc1.[Pt]. The number of rotatable bonds is 7. The molecule has 0 amide bonds. The molecular formula is C57H49N4OPt-3. The zero-order chi connectivity index (χ0) is 45.3. The largest absolute Gasteiger partial charge is 0.509 e. The Hall–Kier alpha value is -6.42. The van der Waals surface area contributed by atoms with Gasteiger partial charge in [0, 0.05) is 71.0 Å². The quantitative estimate of drug-likeness (QED) is 0.149. The number of anilines is 4. The van der Waals surface area contributed by atoms with Crippen molar-refractivity contribution >= 4 is 44.6 Å². The summed E-state index contributed by atoms with van der Waals surface area (Å²) < 4.78 is 34.8. The molecule has 0 aliphatic carbocycles. The Bertz CT molecular complexity index is 3220. The van der Waals surface area contributed by atoms with Crippen molar-refractivity contribution in [3.63, 3.8) is 0 Å². The van der Waals surface area contributed by atoms with Crippen molar-refractivity contribution in [3.8, 4) is 39.6 Å². The molecule has 2 aromatic heterocycles. The molecule has 1 aliphatic rings. The molecule has 0 saturated heterocycles. The molecule has 3 heterocycles. The molecule has 0 atom stereocenters. The van der Waals surface area contributed by atoms with Crippen molar-refractivity contribution < 1.29 is 29.9 Å². The van der Waals surface area contributed by atoms with Crippen molar-refractivity contribution in [2.75, 3.05) is 9.80 Å². The molecule has 0 unspecified atom stereocenters. The number of pyridine rings is 1. The zero-order valence-corrected chi connectivity index (χ0v) is 38.5. The first-order valence-electron chi connectivity index (χ1n) is 22.6. The summed E-state index contributed by atoms with van der Waals surface area (Å²) in [6, 6.07) is 60.4. The molecule has 0 bridgehead atoms. The van der Waals surface area contributed by atoms with E-state index in [0.29, 0.717) is 22.9 Å². The van der Waals surface area contributed by atoms with Gasteiger partial charge in [0.15, 0.2) is 0 Å². The number of fused-ring (bicyclic) bond motifs is 4. The Morgan fingerprint density at radius 3 is 1.94 bits per heavy atom. The average molecular weight is 1000 g/mol. The molecule has 9 aromatic rings. The van der Waals surface area contributed by atoms with Gasteiger partial charge >= 0.3 is 0 Å². The van der Waals surface area contributed by atoms with Gasteiger partial charge < -0.3 is 19.1 Å². The third kappa shape index (κ3) is 7.96. The van der Waals surface area contributed by atoms with Crippen LogP contribution in [0.15, 0.2) is 164 Å². The van der Waals surface area contributed by atoms with Crippen molar-refractivity contribution in [2.24, 2.45) is 0 Å². The number of aromatic nitrogens is 2. The molecule has 0 saturated carbocycles. The van der Waals surface area contributed by atoms with E-state index < -0.39 is 6.85 Å². The Balaban J connectivity index is 0.00000548. The van der Waals surface area contributed by atoms with Gasteiger partial charge in [0.2, 0.25) is 0 Å². The molecule has 0 fully saturated rings. The second-order valence-electron chi connectivity index (χ2n) is 18.1. The minimum atomic E-state index is -2.42. The molecule has 0 N–H and O–H groups in total. The van der Waals surface area contributed by atoms with E-state index in [-0.39, 0.29) is 37.5 Å². The third-order valence-corrected chi connectivity index (χ3v) is 11.8. The van der Waals surface area contributed by atoms with E-state index in [0.717, 1.165) is 66.8 Å². The number of hydrogen-bond acceptors (Lipinski definition) is 4. The van der Waals surface area contributed by atoms with Crippen LogP contribution in [0, 0.1) is 25.7 Å². The number of para-hydroxylation sites is 2. The fourth-order valence-corrected chi connectivity index (χ4v) is 8.34. The van der Waals surface area contributed by atoms with Gasteiger partial charge in [-0.05, 0) is 92.8 Å². The predicted octanol–water partition coefficient (Wildman–Crippen LogP) is 15.2. The summed E-state index contributed by atoms with van der Waals surface area (Å²) in [4.78, 5) is 9.34. The minimum Gasteiger partial charge on any atom is -0.509 e. The molecule has 316 valence electrons. The average Bonchev–Trinajstić information content (AvgIpc) is 3.84. The Labute approximate surface area is 390 Å². The van der Waals surface area contributed by atoms with Gasteiger partial charge in [0.05, 0.1) is 0 Å². The summed E-state index contributed by atoms with van der Waals surface area (Å²) in [6.07, 6.45) is 1.69. The van der Waals surface area contributed by atoms with Crippen LogP contribution >= 0.6 is 0 Å². The summed E-state index contributed by atoms with van der Waals surface area (Å²) in [5, 5.41) is 1.95. The standard InChI is InChI=1S/C57H49N4O.Pt/c1-38-32-55(58-36-50(38)41-22-20-40(21-23-41)39-14-9-8-10-15-39)61-53-33-43(57(5,6)7)26-30-48(53)49-31-29-47(35-54(49)61)62-46-17-13-16-45(34-46)60-37-59(51-18-11-12-19-52(51)60)44-27-24-42(25-28-44)56(2,3)4;/h8-33,36-37H,1-7H3;/q-3;/i1D3;. The number of nitrogens with zero attached hydrogens (tertiary/aromatic N) is 4. The van der Waals surface area contributed by atoms with Gasteiger partial charge in [0.1, 0.15) is 5.82 Å². The molecule has 63 heavy (non-hydrogen) atoms. The van der Waals surface area contributed by atoms with Crippen LogP contribution in [0.3, 0.4) is 0 Å². The second kappa shape index (κ2) is 16.4. The summed E-state index contributed by atoms with van der Waals surface area (Å²) in [6.45, 7) is 12.9. The van der Waals surface area contributed by atoms with E-state index in [9.17, 15) is 0 Å². The van der Waals surface area contributed by atoms with Gasteiger partial charge in [-0.25, -0.2) is 4.98 Å². The van der Waals surface area contributed by atoms with Crippen LogP contribution < -0.4 is 14.5 Å². The third-order valence-electron chi connectivity index (χ3n) is 11.8. The number of benzene rings is 7. The van der Waals surface area contributed by atoms with Crippen LogP contribution in [0.4, 0.5) is 22.7 Å². The minimum absolute atomic E-state index is 0. The summed E-state index contributed by atoms with van der Waals surface area (Å²) in [5.74, 6) is 1.50. The van der Waals surface area contributed by atoms with E-state index >= 15 is 0 Å². The normalized spacial score (nSPS) is 13.7. The molecule has 6 heteroatoms. The zero-order valence-electron chi connectivity index (χ0n) is 39.2. The fraction of sp³-hybridized carbons (Fsp3) is 0.158. The Kier molecular flexibility index (Phi) is 9.94. The van der Waals surface area contributed by atoms with Gasteiger partial charge in [-0.3, -0.25) is 0 Å². The van der Waals surface area contributed by atoms with E-state index in [1.807, 2.05) is 83.4 Å². The van der Waals surface area contributed by atoms with E-state index in [1.165, 1.54) is 5.56 Å². The summed E-state index contributed by atoms with van der Waals surface area (Å²) in [7, 11) is 0. The molecule has 10 rings (SSSR count). The molecule has 5 nitrogen and oxygen atoms in total. The van der Waals surface area contributed by atoms with Crippen LogP contribution in [0.1, 0.15) is 62.3 Å². The Morgan fingerprint density at radius 2 is 1.22 bits per heavy atom. The van der Waals surface area contributed by atoms with Crippen molar-refractivity contribution in [1.82, 2.24) is 9.55 Å². The van der Waals surface area contributed by atoms with Crippen molar-refractivity contribution in [3.05, 3.63) is 199 Å². The molecule has 0 spiro atoms. The van der Waals surface area contributed by atoms with E-state index in [1.54, 1.807) is 12.3 Å². The maximum atomic E-state index is 8.72. The summed E-state index contributed by atoms with van der Waals surface area (Å²) >= 11 is 0. The predicted molar refractivity (Wildman–Crippen MR) is 257 cm³/mol.